The molecule has 0 saturated carbocycles. The summed E-state index contributed by atoms with van der Waals surface area (Å²) in [5.74, 6) is 0.208. The van der Waals surface area contributed by atoms with E-state index in [0.29, 0.717) is 12.8 Å². The van der Waals surface area contributed by atoms with E-state index in [1.807, 2.05) is 36.4 Å². The molecule has 2 heterocycles. The number of hydrogen-bond donors (Lipinski definition) is 4. The number of amides is 3. The van der Waals surface area contributed by atoms with Gasteiger partial charge in [0.25, 0.3) is 0 Å². The van der Waals surface area contributed by atoms with Gasteiger partial charge in [0.2, 0.25) is 11.8 Å². The molecule has 194 valence electrons. The third kappa shape index (κ3) is 6.88. The van der Waals surface area contributed by atoms with Crippen molar-refractivity contribution >= 4 is 40.7 Å². The van der Waals surface area contributed by atoms with Crippen molar-refractivity contribution in [2.45, 2.75) is 45.3 Å². The highest BCUT2D eigenvalue weighted by atomic mass is 16.6. The van der Waals surface area contributed by atoms with Crippen molar-refractivity contribution in [2.75, 3.05) is 48.0 Å². The molecule has 2 aromatic rings. The predicted molar refractivity (Wildman–Crippen MR) is 140 cm³/mol. The van der Waals surface area contributed by atoms with Crippen molar-refractivity contribution < 1.29 is 24.2 Å². The van der Waals surface area contributed by atoms with E-state index in [1.54, 1.807) is 44.7 Å². The number of carbonyl (C=O) groups is 3. The molecule has 5 N–H and O–H groups in total. The summed E-state index contributed by atoms with van der Waals surface area (Å²) in [5, 5.41) is 15.6. The fourth-order valence-corrected chi connectivity index (χ4v) is 3.89. The third-order valence-corrected chi connectivity index (χ3v) is 5.76. The maximum Gasteiger partial charge on any atom is 0.407 e. The van der Waals surface area contributed by atoms with Crippen LogP contribution in [0, 0.1) is 0 Å². The van der Waals surface area contributed by atoms with Gasteiger partial charge >= 0.3 is 6.09 Å². The summed E-state index contributed by atoms with van der Waals surface area (Å²) < 4.78 is 5.10. The van der Waals surface area contributed by atoms with E-state index in [-0.39, 0.29) is 24.9 Å². The number of carbonyl (C=O) groups excluding carboxylic acids is 3. The summed E-state index contributed by atoms with van der Waals surface area (Å²) >= 11 is 0. The van der Waals surface area contributed by atoms with Crippen LogP contribution in [0.5, 0.6) is 0 Å². The number of nitrogens with one attached hydrogen (secondary N) is 2. The first-order valence-corrected chi connectivity index (χ1v) is 11.8. The average Bonchev–Trinajstić information content (AvgIpc) is 3.23. The molecule has 1 atom stereocenters. The lowest BCUT2D eigenvalue weighted by atomic mass is 10.1. The number of rotatable bonds is 5. The molecule has 0 spiro atoms. The standard InChI is InChI=1S/C17H25N3O4.C9H10N2O/c1-17(2,3)24-16(23)19-10-13(21)9-18-12-5-6-14-11(7-12)8-15(22)20(14)4;1-11-8-3-2-7(10)4-6(8)5-9(11)12/h5-7,13,18,21H,8-10H2,1-4H3,(H,19,23);2-4H,5,10H2,1H3. The van der Waals surface area contributed by atoms with Gasteiger partial charge in [0.05, 0.1) is 18.9 Å². The molecule has 0 aromatic heterocycles. The van der Waals surface area contributed by atoms with Gasteiger partial charge in [-0.05, 0) is 68.3 Å². The van der Waals surface area contributed by atoms with Crippen molar-refractivity contribution in [3.63, 3.8) is 0 Å². The second kappa shape index (κ2) is 10.9. The molecule has 1 unspecified atom stereocenters. The van der Waals surface area contributed by atoms with E-state index < -0.39 is 17.8 Å². The van der Waals surface area contributed by atoms with Crippen LogP contribution in [-0.2, 0) is 27.2 Å². The number of hydrogen-bond acceptors (Lipinski definition) is 7. The quantitative estimate of drug-likeness (QED) is 0.465. The third-order valence-electron chi connectivity index (χ3n) is 5.76. The molecule has 10 heteroatoms. The molecule has 0 radical (unpaired) electrons. The van der Waals surface area contributed by atoms with E-state index in [1.165, 1.54) is 0 Å². The largest absolute Gasteiger partial charge is 0.444 e. The lowest BCUT2D eigenvalue weighted by molar-refractivity contribution is -0.117. The van der Waals surface area contributed by atoms with Crippen molar-refractivity contribution in [1.29, 1.82) is 0 Å². The van der Waals surface area contributed by atoms with Crippen molar-refractivity contribution in [2.24, 2.45) is 0 Å². The Morgan fingerprint density at radius 2 is 1.56 bits per heavy atom. The van der Waals surface area contributed by atoms with E-state index in [0.717, 1.165) is 33.9 Å². The highest BCUT2D eigenvalue weighted by Gasteiger charge is 2.24. The topological polar surface area (TPSA) is 137 Å². The molecule has 2 aromatic carbocycles. The van der Waals surface area contributed by atoms with Crippen LogP contribution >= 0.6 is 0 Å². The lowest BCUT2D eigenvalue weighted by Crippen LogP contribution is -2.39. The summed E-state index contributed by atoms with van der Waals surface area (Å²) in [6.45, 7) is 5.70. The second-order valence-corrected chi connectivity index (χ2v) is 9.91. The Balaban J connectivity index is 0.000000249. The van der Waals surface area contributed by atoms with E-state index >= 15 is 0 Å². The number of alkyl carbamates (subject to hydrolysis) is 1. The Morgan fingerprint density at radius 3 is 2.14 bits per heavy atom. The summed E-state index contributed by atoms with van der Waals surface area (Å²) in [7, 11) is 3.54. The second-order valence-electron chi connectivity index (χ2n) is 9.91. The molecule has 10 nitrogen and oxygen atoms in total. The van der Waals surface area contributed by atoms with Crippen LogP contribution in [0.4, 0.5) is 27.5 Å². The zero-order valence-corrected chi connectivity index (χ0v) is 21.4. The van der Waals surface area contributed by atoms with Crippen molar-refractivity contribution in [3.8, 4) is 0 Å². The van der Waals surface area contributed by atoms with E-state index in [4.69, 9.17) is 10.5 Å². The Labute approximate surface area is 211 Å². The van der Waals surface area contributed by atoms with Gasteiger partial charge in [-0.25, -0.2) is 4.79 Å². The van der Waals surface area contributed by atoms with Crippen LogP contribution in [0.2, 0.25) is 0 Å². The molecule has 0 fully saturated rings. The molecular weight excluding hydrogens is 462 g/mol. The van der Waals surface area contributed by atoms with Gasteiger partial charge in [-0.2, -0.15) is 0 Å². The number of likely N-dealkylation sites (N-methyl/N-ethyl adjacent to an activating group) is 2. The Bertz CT molecular complexity index is 1140. The van der Waals surface area contributed by atoms with Gasteiger partial charge in [0.15, 0.2) is 0 Å². The number of benzene rings is 2. The fraction of sp³-hybridized carbons (Fsp3) is 0.423. The minimum Gasteiger partial charge on any atom is -0.444 e. The molecular formula is C26H35N5O5. The monoisotopic (exact) mass is 497 g/mol. The van der Waals surface area contributed by atoms with Crippen LogP contribution in [0.25, 0.3) is 0 Å². The fourth-order valence-electron chi connectivity index (χ4n) is 3.89. The van der Waals surface area contributed by atoms with E-state index in [9.17, 15) is 19.5 Å². The Morgan fingerprint density at radius 1 is 1.00 bits per heavy atom. The molecule has 0 bridgehead atoms. The minimum atomic E-state index is -0.755. The summed E-state index contributed by atoms with van der Waals surface area (Å²) in [6.07, 6.45) is -0.434. The number of aliphatic hydroxyl groups excluding tert-OH is 1. The number of nitrogen functional groups attached to an aromatic ring is 1. The smallest absolute Gasteiger partial charge is 0.407 e. The number of aliphatic hydroxyl groups is 1. The summed E-state index contributed by atoms with van der Waals surface area (Å²) in [6, 6.07) is 11.2. The predicted octanol–water partition coefficient (Wildman–Crippen LogP) is 2.29. The zero-order valence-electron chi connectivity index (χ0n) is 21.4. The van der Waals surface area contributed by atoms with Gasteiger partial charge in [-0.15, -0.1) is 0 Å². The Kier molecular flexibility index (Phi) is 8.09. The molecule has 0 saturated heterocycles. The number of fused-ring (bicyclic) bond motifs is 2. The van der Waals surface area contributed by atoms with Gasteiger partial charge in [-0.3, -0.25) is 9.59 Å². The highest BCUT2D eigenvalue weighted by molar-refractivity contribution is 6.02. The lowest BCUT2D eigenvalue weighted by Gasteiger charge is -2.20. The zero-order chi connectivity index (χ0) is 26.6. The molecule has 0 aliphatic carbocycles. The molecule has 4 rings (SSSR count). The van der Waals surface area contributed by atoms with Crippen LogP contribution in [0.1, 0.15) is 31.9 Å². The SMILES string of the molecule is CN1C(=O)Cc2cc(N)ccc21.CN1C(=O)Cc2cc(NCC(O)CNC(=O)OC(C)(C)C)ccc21. The van der Waals surface area contributed by atoms with Crippen LogP contribution in [0.3, 0.4) is 0 Å². The summed E-state index contributed by atoms with van der Waals surface area (Å²) in [4.78, 5) is 37.7. The Hall–Kier alpha value is -3.79. The van der Waals surface area contributed by atoms with Crippen molar-refractivity contribution in [3.05, 3.63) is 47.5 Å². The normalized spacial score (nSPS) is 15.1. The number of anilines is 4. The van der Waals surface area contributed by atoms with Gasteiger partial charge in [0.1, 0.15) is 5.60 Å². The first-order chi connectivity index (χ1) is 16.8. The van der Waals surface area contributed by atoms with Crippen LogP contribution in [0.15, 0.2) is 36.4 Å². The minimum absolute atomic E-state index is 0.0729. The van der Waals surface area contributed by atoms with Crippen LogP contribution in [-0.4, -0.2) is 61.9 Å². The number of nitrogens with zero attached hydrogens (tertiary/aromatic N) is 2. The van der Waals surface area contributed by atoms with E-state index in [2.05, 4.69) is 10.6 Å². The molecule has 3 amide bonds. The first-order valence-electron chi connectivity index (χ1n) is 11.8. The maximum atomic E-state index is 11.7. The average molecular weight is 498 g/mol. The van der Waals surface area contributed by atoms with Crippen LogP contribution < -0.4 is 26.2 Å². The van der Waals surface area contributed by atoms with Gasteiger partial charge in [0, 0.05) is 49.9 Å². The van der Waals surface area contributed by atoms with Gasteiger partial charge in [-0.1, -0.05) is 0 Å². The molecule has 36 heavy (non-hydrogen) atoms. The summed E-state index contributed by atoms with van der Waals surface area (Å²) in [5.41, 5.74) is 10.5. The number of nitrogens with two attached hydrogens (primary N) is 1. The highest BCUT2D eigenvalue weighted by Crippen LogP contribution is 2.30. The molecule has 2 aliphatic heterocycles. The maximum absolute atomic E-state index is 11.7. The van der Waals surface area contributed by atoms with Gasteiger partial charge < -0.3 is 36.0 Å². The first kappa shape index (κ1) is 26.8. The molecule has 2 aliphatic rings. The number of ether oxygens (including phenoxy) is 1. The van der Waals surface area contributed by atoms with Crippen molar-refractivity contribution in [1.82, 2.24) is 5.32 Å².